The van der Waals surface area contributed by atoms with Crippen LogP contribution in [-0.2, 0) is 4.79 Å². The fraction of sp³-hybridized carbons (Fsp3) is 0.185. The van der Waals surface area contributed by atoms with Crippen LogP contribution in [0.3, 0.4) is 0 Å². The Hall–Kier alpha value is -4.86. The minimum atomic E-state index is -1.11. The molecule has 0 atom stereocenters. The van der Waals surface area contributed by atoms with Crippen LogP contribution in [0.5, 0.6) is 0 Å². The van der Waals surface area contributed by atoms with Gasteiger partial charge in [0.1, 0.15) is 12.4 Å². The van der Waals surface area contributed by atoms with Crippen LogP contribution in [0.2, 0.25) is 0 Å². The number of nitrogen functional groups attached to an aromatic ring is 1. The Labute approximate surface area is 215 Å². The van der Waals surface area contributed by atoms with Crippen LogP contribution in [0.4, 0.5) is 16.2 Å². The van der Waals surface area contributed by atoms with Crippen LogP contribution in [0.15, 0.2) is 84.9 Å². The molecule has 1 aliphatic heterocycles. The number of rotatable bonds is 6. The molecule has 10 heteroatoms. The van der Waals surface area contributed by atoms with E-state index in [9.17, 15) is 14.4 Å². The molecule has 37 heavy (non-hydrogen) atoms. The highest BCUT2D eigenvalue weighted by molar-refractivity contribution is 6.09. The number of para-hydroxylation sites is 2. The first-order chi connectivity index (χ1) is 17.8. The molecule has 0 saturated carbocycles. The van der Waals surface area contributed by atoms with Gasteiger partial charge in [0.25, 0.3) is 5.91 Å². The zero-order valence-electron chi connectivity index (χ0n) is 20.3. The number of primary amides is 1. The number of carboxylic acid groups (broad SMARTS) is 1. The Morgan fingerprint density at radius 2 is 1.38 bits per heavy atom. The van der Waals surface area contributed by atoms with Crippen LogP contribution in [0.1, 0.15) is 15.9 Å². The Balaban J connectivity index is 0.000000220. The molecule has 0 unspecified atom stereocenters. The van der Waals surface area contributed by atoms with Gasteiger partial charge in [0.2, 0.25) is 0 Å². The van der Waals surface area contributed by atoms with Gasteiger partial charge in [-0.05, 0) is 36.4 Å². The lowest BCUT2D eigenvalue weighted by Gasteiger charge is -2.35. The quantitative estimate of drug-likeness (QED) is 0.300. The van der Waals surface area contributed by atoms with E-state index < -0.39 is 18.4 Å². The van der Waals surface area contributed by atoms with Crippen molar-refractivity contribution in [2.75, 3.05) is 42.5 Å². The van der Waals surface area contributed by atoms with Crippen molar-refractivity contribution in [3.8, 4) is 0 Å². The second-order valence-corrected chi connectivity index (χ2v) is 8.26. The molecule has 0 spiro atoms. The number of nitrogens with one attached hydrogen (secondary N) is 1. The third-order valence-electron chi connectivity index (χ3n) is 5.74. The van der Waals surface area contributed by atoms with Crippen LogP contribution >= 0.6 is 0 Å². The average molecular weight is 503 g/mol. The number of hydrogen-bond acceptors (Lipinski definition) is 5. The molecular formula is C27H30N6O4. The Kier molecular flexibility index (Phi) is 9.20. The smallest absolute Gasteiger partial charge is 0.323 e. The van der Waals surface area contributed by atoms with E-state index in [1.165, 1.54) is 16.7 Å². The molecule has 192 valence electrons. The molecule has 0 bridgehead atoms. The topological polar surface area (TPSA) is 157 Å². The van der Waals surface area contributed by atoms with E-state index in [1.807, 2.05) is 18.2 Å². The second kappa shape index (κ2) is 12.7. The van der Waals surface area contributed by atoms with Crippen molar-refractivity contribution in [1.29, 1.82) is 5.41 Å². The molecule has 3 aromatic rings. The molecule has 0 radical (unpaired) electrons. The largest absolute Gasteiger partial charge is 0.480 e. The number of nitrogens with zero attached hydrogens (tertiary/aromatic N) is 3. The summed E-state index contributed by atoms with van der Waals surface area (Å²) in [6, 6.07) is 24.7. The number of carboxylic acids is 1. The summed E-state index contributed by atoms with van der Waals surface area (Å²) in [4.78, 5) is 39.7. The summed E-state index contributed by atoms with van der Waals surface area (Å²) < 4.78 is 0. The third-order valence-corrected chi connectivity index (χ3v) is 5.74. The number of piperazine rings is 1. The number of amides is 3. The highest BCUT2D eigenvalue weighted by atomic mass is 16.4. The first-order valence-corrected chi connectivity index (χ1v) is 11.6. The first kappa shape index (κ1) is 26.7. The molecule has 1 fully saturated rings. The summed E-state index contributed by atoms with van der Waals surface area (Å²) in [6.45, 7) is 2.68. The van der Waals surface area contributed by atoms with Gasteiger partial charge in [-0.3, -0.25) is 19.9 Å². The molecule has 6 N–H and O–H groups in total. The second-order valence-electron chi connectivity index (χ2n) is 8.26. The van der Waals surface area contributed by atoms with E-state index >= 15 is 0 Å². The predicted octanol–water partition coefficient (Wildman–Crippen LogP) is 2.59. The summed E-state index contributed by atoms with van der Waals surface area (Å²) in [5.74, 6) is -1.73. The average Bonchev–Trinajstić information content (AvgIpc) is 2.92. The van der Waals surface area contributed by atoms with E-state index in [-0.39, 0.29) is 17.4 Å². The first-order valence-electron chi connectivity index (χ1n) is 11.6. The van der Waals surface area contributed by atoms with Gasteiger partial charge in [0, 0.05) is 48.7 Å². The molecule has 0 aliphatic carbocycles. The highest BCUT2D eigenvalue weighted by Gasteiger charge is 2.21. The summed E-state index contributed by atoms with van der Waals surface area (Å²) in [5, 5.41) is 16.5. The van der Waals surface area contributed by atoms with Gasteiger partial charge in [-0.25, -0.2) is 4.79 Å². The fourth-order valence-corrected chi connectivity index (χ4v) is 3.82. The van der Waals surface area contributed by atoms with Crippen LogP contribution in [0, 0.1) is 5.41 Å². The van der Waals surface area contributed by atoms with Gasteiger partial charge in [0.15, 0.2) is 0 Å². The molecule has 10 nitrogen and oxygen atoms in total. The summed E-state index contributed by atoms with van der Waals surface area (Å²) in [5.41, 5.74) is 13.0. The van der Waals surface area contributed by atoms with Crippen LogP contribution in [0.25, 0.3) is 0 Å². The minimum absolute atomic E-state index is 0.154. The van der Waals surface area contributed by atoms with Gasteiger partial charge < -0.3 is 26.4 Å². The van der Waals surface area contributed by atoms with Crippen molar-refractivity contribution >= 4 is 35.1 Å². The number of aliphatic carboxylic acids is 1. The van der Waals surface area contributed by atoms with E-state index in [0.717, 1.165) is 13.1 Å². The number of nitrogens with two attached hydrogens (primary N) is 2. The molecule has 0 aromatic heterocycles. The van der Waals surface area contributed by atoms with E-state index in [1.54, 1.807) is 53.4 Å². The monoisotopic (exact) mass is 502 g/mol. The lowest BCUT2D eigenvalue weighted by atomic mass is 10.1. The van der Waals surface area contributed by atoms with Gasteiger partial charge in [0.05, 0.1) is 0 Å². The van der Waals surface area contributed by atoms with Crippen molar-refractivity contribution in [1.82, 2.24) is 4.90 Å². The van der Waals surface area contributed by atoms with E-state index in [2.05, 4.69) is 17.0 Å². The molecule has 4 rings (SSSR count). The molecule has 3 amide bonds. The van der Waals surface area contributed by atoms with Crippen LogP contribution in [-0.4, -0.2) is 66.5 Å². The van der Waals surface area contributed by atoms with Crippen LogP contribution < -0.4 is 21.3 Å². The lowest BCUT2D eigenvalue weighted by Crippen LogP contribution is -2.50. The molecule has 3 aromatic carbocycles. The summed E-state index contributed by atoms with van der Waals surface area (Å²) in [7, 11) is 0. The maximum atomic E-state index is 12.6. The summed E-state index contributed by atoms with van der Waals surface area (Å²) in [6.07, 6.45) is 0. The Morgan fingerprint density at radius 3 is 1.92 bits per heavy atom. The molecule has 1 heterocycles. The van der Waals surface area contributed by atoms with E-state index in [0.29, 0.717) is 24.3 Å². The van der Waals surface area contributed by atoms with Crippen molar-refractivity contribution in [2.45, 2.75) is 0 Å². The summed E-state index contributed by atoms with van der Waals surface area (Å²) >= 11 is 0. The Morgan fingerprint density at radius 1 is 0.811 bits per heavy atom. The number of hydrogen-bond donors (Lipinski definition) is 4. The van der Waals surface area contributed by atoms with Gasteiger partial charge in [-0.1, -0.05) is 48.5 Å². The zero-order chi connectivity index (χ0) is 26.8. The standard InChI is InChI=1S/C16H15N3O3.C11H15N3O/c17-15(18)11-5-4-6-12(9-11)16(22)19(10-14(20)21)13-7-2-1-3-8-13;12-11(15)14-8-6-13(7-9-14)10-4-2-1-3-5-10/h1-9H,10H2,(H3,17,18)(H,20,21);1-5H,6-9H2,(H2,12,15). The molecule has 1 aliphatic rings. The maximum absolute atomic E-state index is 12.6. The number of anilines is 2. The van der Waals surface area contributed by atoms with Gasteiger partial charge in [-0.2, -0.15) is 0 Å². The van der Waals surface area contributed by atoms with Gasteiger partial charge in [-0.15, -0.1) is 0 Å². The van der Waals surface area contributed by atoms with Crippen molar-refractivity contribution in [3.05, 3.63) is 96.1 Å². The number of urea groups is 1. The normalized spacial score (nSPS) is 12.6. The molecule has 1 saturated heterocycles. The Bertz CT molecular complexity index is 1230. The minimum Gasteiger partial charge on any atom is -0.480 e. The van der Waals surface area contributed by atoms with Crippen molar-refractivity contribution in [2.24, 2.45) is 11.5 Å². The SMILES string of the molecule is N=C(N)c1cccc(C(=O)N(CC(=O)O)c2ccccc2)c1.NC(=O)N1CCN(c2ccccc2)CC1. The van der Waals surface area contributed by atoms with Crippen molar-refractivity contribution in [3.63, 3.8) is 0 Å². The number of carbonyl (C=O) groups is 3. The molecular weight excluding hydrogens is 472 g/mol. The lowest BCUT2D eigenvalue weighted by molar-refractivity contribution is -0.135. The van der Waals surface area contributed by atoms with E-state index in [4.69, 9.17) is 22.0 Å². The fourth-order valence-electron chi connectivity index (χ4n) is 3.82. The van der Waals surface area contributed by atoms with Crippen molar-refractivity contribution < 1.29 is 19.5 Å². The maximum Gasteiger partial charge on any atom is 0.323 e. The third kappa shape index (κ3) is 7.56. The predicted molar refractivity (Wildman–Crippen MR) is 143 cm³/mol. The number of benzene rings is 3. The number of carbonyl (C=O) groups excluding carboxylic acids is 2. The van der Waals surface area contributed by atoms with Gasteiger partial charge >= 0.3 is 12.0 Å². The zero-order valence-corrected chi connectivity index (χ0v) is 20.3. The number of amidine groups is 1. The highest BCUT2D eigenvalue weighted by Crippen LogP contribution is 2.18.